The number of hydrogen-bond acceptors (Lipinski definition) is 8. The smallest absolute Gasteiger partial charge is 0.408 e. The highest BCUT2D eigenvalue weighted by atomic mass is 19.3. The zero-order valence-electron chi connectivity index (χ0n) is 23.6. The molecule has 0 radical (unpaired) electrons. The van der Waals surface area contributed by atoms with Gasteiger partial charge in [-0.25, -0.2) is 19.6 Å². The molecular weight excluding hydrogens is 554 g/mol. The number of carbonyl (C=O) groups excluding carboxylic acids is 2. The summed E-state index contributed by atoms with van der Waals surface area (Å²) in [6.45, 7) is 4.80. The number of fused-ring (bicyclic) bond motifs is 5. The standard InChI is InChI=1S/C29H34F2N4O7/c1-28(2,3)23-25(36)35-15-16(14-19(35)26(37)38)41-24-22(32-17-8-4-5-9-18(17)33-24)29(30,31)12-7-13-40-20-10-6-11-21(20)42-27(39)34-23/h4-5,7-9,12,16,19-21,23H,6,10-11,13-15H2,1-3H3,(H,34,39)(H,37,38)/b12-7+/t16-,19+,20-,21-,23-/m1/s1. The Morgan fingerprint density at radius 1 is 1.10 bits per heavy atom. The second-order valence-electron chi connectivity index (χ2n) is 11.9. The molecule has 2 amide bonds. The quantitative estimate of drug-likeness (QED) is 0.476. The van der Waals surface area contributed by atoms with Crippen LogP contribution in [0, 0.1) is 5.41 Å². The fourth-order valence-electron chi connectivity index (χ4n) is 5.58. The molecule has 3 aliphatic rings. The number of para-hydroxylation sites is 2. The lowest BCUT2D eigenvalue weighted by molar-refractivity contribution is -0.150. The summed E-state index contributed by atoms with van der Waals surface area (Å²) in [4.78, 5) is 48.5. The van der Waals surface area contributed by atoms with Gasteiger partial charge in [-0.2, -0.15) is 8.78 Å². The third-order valence-electron chi connectivity index (χ3n) is 7.72. The van der Waals surface area contributed by atoms with Crippen molar-refractivity contribution in [2.24, 2.45) is 5.41 Å². The molecule has 11 nitrogen and oxygen atoms in total. The van der Waals surface area contributed by atoms with Crippen LogP contribution in [0.4, 0.5) is 13.6 Å². The summed E-state index contributed by atoms with van der Waals surface area (Å²) in [5.41, 5.74) is -1.02. The molecule has 5 rings (SSSR count). The number of aliphatic carboxylic acids is 1. The summed E-state index contributed by atoms with van der Waals surface area (Å²) in [6, 6.07) is 4.01. The van der Waals surface area contributed by atoms with Crippen LogP contribution in [0.25, 0.3) is 11.0 Å². The number of aromatic nitrogens is 2. The number of allylic oxidation sites excluding steroid dienone is 1. The number of alkyl carbamates (subject to hydrolysis) is 1. The number of rotatable bonds is 1. The third-order valence-corrected chi connectivity index (χ3v) is 7.72. The largest absolute Gasteiger partial charge is 0.480 e. The Hall–Kier alpha value is -3.87. The number of nitrogens with zero attached hydrogens (tertiary/aromatic N) is 3. The van der Waals surface area contributed by atoms with Gasteiger partial charge < -0.3 is 29.5 Å². The topological polar surface area (TPSA) is 140 Å². The minimum Gasteiger partial charge on any atom is -0.480 e. The van der Waals surface area contributed by atoms with Gasteiger partial charge in [-0.15, -0.1) is 0 Å². The fourth-order valence-corrected chi connectivity index (χ4v) is 5.58. The Bertz CT molecular complexity index is 1400. The molecule has 3 heterocycles. The number of nitrogens with one attached hydrogen (secondary N) is 1. The Labute approximate surface area is 241 Å². The van der Waals surface area contributed by atoms with Crippen molar-refractivity contribution in [2.45, 2.75) is 82.8 Å². The van der Waals surface area contributed by atoms with Gasteiger partial charge in [-0.3, -0.25) is 4.79 Å². The zero-order chi connectivity index (χ0) is 30.2. The van der Waals surface area contributed by atoms with E-state index in [1.165, 1.54) is 6.08 Å². The first kappa shape index (κ1) is 29.6. The second-order valence-corrected chi connectivity index (χ2v) is 11.9. The summed E-state index contributed by atoms with van der Waals surface area (Å²) in [5.74, 6) is -6.03. The third kappa shape index (κ3) is 6.15. The van der Waals surface area contributed by atoms with Gasteiger partial charge in [0.1, 0.15) is 24.3 Å². The molecule has 2 bridgehead atoms. The van der Waals surface area contributed by atoms with Crippen LogP contribution in [0.2, 0.25) is 0 Å². The van der Waals surface area contributed by atoms with E-state index < -0.39 is 71.3 Å². The summed E-state index contributed by atoms with van der Waals surface area (Å²) < 4.78 is 48.5. The number of hydrogen-bond donors (Lipinski definition) is 2. The molecule has 1 aromatic heterocycles. The highest BCUT2D eigenvalue weighted by molar-refractivity contribution is 5.90. The molecule has 0 unspecified atom stereocenters. The number of benzene rings is 1. The Morgan fingerprint density at radius 2 is 1.79 bits per heavy atom. The van der Waals surface area contributed by atoms with Crippen LogP contribution in [-0.2, 0) is 25.0 Å². The normalized spacial score (nSPS) is 29.4. The first-order valence-corrected chi connectivity index (χ1v) is 13.9. The minimum atomic E-state index is -3.62. The molecule has 2 aromatic rings. The maximum Gasteiger partial charge on any atom is 0.408 e. The Balaban J connectivity index is 1.56. The number of amides is 2. The van der Waals surface area contributed by atoms with Crippen molar-refractivity contribution in [3.8, 4) is 5.88 Å². The van der Waals surface area contributed by atoms with E-state index in [2.05, 4.69) is 15.3 Å². The molecule has 13 heteroatoms. The number of carboxylic acid groups (broad SMARTS) is 1. The molecule has 226 valence electrons. The van der Waals surface area contributed by atoms with Gasteiger partial charge in [-0.1, -0.05) is 39.0 Å². The lowest BCUT2D eigenvalue weighted by Gasteiger charge is -2.35. The van der Waals surface area contributed by atoms with Crippen LogP contribution in [0.5, 0.6) is 5.88 Å². The van der Waals surface area contributed by atoms with Gasteiger partial charge in [-0.05, 0) is 42.9 Å². The highest BCUT2D eigenvalue weighted by Gasteiger charge is 2.47. The summed E-state index contributed by atoms with van der Waals surface area (Å²) in [7, 11) is 0. The lowest BCUT2D eigenvalue weighted by Crippen LogP contribution is -2.57. The lowest BCUT2D eigenvalue weighted by atomic mass is 9.85. The monoisotopic (exact) mass is 588 g/mol. The van der Waals surface area contributed by atoms with Crippen molar-refractivity contribution < 1.29 is 42.5 Å². The van der Waals surface area contributed by atoms with E-state index in [1.807, 2.05) is 0 Å². The number of ether oxygens (including phenoxy) is 3. The zero-order valence-corrected chi connectivity index (χ0v) is 23.6. The van der Waals surface area contributed by atoms with E-state index >= 15 is 8.78 Å². The second kappa shape index (κ2) is 11.4. The number of alkyl halides is 2. The van der Waals surface area contributed by atoms with Gasteiger partial charge in [0.2, 0.25) is 11.8 Å². The van der Waals surface area contributed by atoms with Gasteiger partial charge in [0.15, 0.2) is 5.69 Å². The average molecular weight is 589 g/mol. The molecule has 1 aromatic carbocycles. The van der Waals surface area contributed by atoms with Crippen molar-refractivity contribution in [3.05, 3.63) is 42.1 Å². The summed E-state index contributed by atoms with van der Waals surface area (Å²) in [6.07, 6.45) is 0.419. The summed E-state index contributed by atoms with van der Waals surface area (Å²) in [5, 5.41) is 12.6. The Kier molecular flexibility index (Phi) is 8.06. The highest BCUT2D eigenvalue weighted by Crippen LogP contribution is 2.37. The van der Waals surface area contributed by atoms with Crippen LogP contribution in [0.1, 0.15) is 52.1 Å². The first-order chi connectivity index (χ1) is 19.8. The van der Waals surface area contributed by atoms with Crippen LogP contribution in [0.3, 0.4) is 0 Å². The van der Waals surface area contributed by atoms with Gasteiger partial charge in [0.05, 0.1) is 30.3 Å². The van der Waals surface area contributed by atoms with E-state index in [0.717, 1.165) is 4.90 Å². The van der Waals surface area contributed by atoms with Gasteiger partial charge >= 0.3 is 18.0 Å². The number of halogens is 2. The van der Waals surface area contributed by atoms with E-state index in [-0.39, 0.29) is 25.1 Å². The first-order valence-electron chi connectivity index (χ1n) is 13.9. The van der Waals surface area contributed by atoms with Crippen molar-refractivity contribution in [3.63, 3.8) is 0 Å². The fraction of sp³-hybridized carbons (Fsp3) is 0.552. The molecule has 2 N–H and O–H groups in total. The van der Waals surface area contributed by atoms with Crippen molar-refractivity contribution in [2.75, 3.05) is 13.2 Å². The average Bonchev–Trinajstić information content (AvgIpc) is 3.55. The maximum atomic E-state index is 15.6. The van der Waals surface area contributed by atoms with E-state index in [1.54, 1.807) is 45.0 Å². The molecule has 2 aliphatic heterocycles. The SMILES string of the molecule is CC(C)(C)[C@@H]1NC(=O)O[C@@H]2CCC[C@H]2OC/C=C/C(F)(F)c2nc3ccccc3nc2O[C@@H]2C[C@@H](C(=O)O)N(C2)C1=O. The summed E-state index contributed by atoms with van der Waals surface area (Å²) >= 11 is 0. The van der Waals surface area contributed by atoms with Gasteiger partial charge in [0.25, 0.3) is 0 Å². The van der Waals surface area contributed by atoms with E-state index in [9.17, 15) is 19.5 Å². The predicted octanol–water partition coefficient (Wildman–Crippen LogP) is 3.80. The molecule has 1 aliphatic carbocycles. The molecule has 2 fully saturated rings. The van der Waals surface area contributed by atoms with Crippen molar-refractivity contribution in [1.82, 2.24) is 20.2 Å². The predicted molar refractivity (Wildman–Crippen MR) is 145 cm³/mol. The van der Waals surface area contributed by atoms with Crippen molar-refractivity contribution in [1.29, 1.82) is 0 Å². The van der Waals surface area contributed by atoms with Crippen LogP contribution in [-0.4, -0.2) is 81.5 Å². The minimum absolute atomic E-state index is 0.167. The molecule has 5 atom stereocenters. The molecule has 1 saturated carbocycles. The van der Waals surface area contributed by atoms with Crippen LogP contribution in [0.15, 0.2) is 36.4 Å². The molecule has 42 heavy (non-hydrogen) atoms. The van der Waals surface area contributed by atoms with Crippen molar-refractivity contribution >= 4 is 29.0 Å². The number of carbonyl (C=O) groups is 3. The Morgan fingerprint density at radius 3 is 2.48 bits per heavy atom. The van der Waals surface area contributed by atoms with E-state index in [4.69, 9.17) is 14.2 Å². The maximum absolute atomic E-state index is 15.6. The number of carboxylic acids is 1. The van der Waals surface area contributed by atoms with Crippen LogP contribution >= 0.6 is 0 Å². The molecular formula is C29H34F2N4O7. The van der Waals surface area contributed by atoms with Gasteiger partial charge in [0, 0.05) is 6.42 Å². The molecule has 0 spiro atoms. The molecule has 1 saturated heterocycles. The van der Waals surface area contributed by atoms with E-state index in [0.29, 0.717) is 30.9 Å². The van der Waals surface area contributed by atoms with Crippen LogP contribution < -0.4 is 10.1 Å².